The van der Waals surface area contributed by atoms with Crippen LogP contribution in [0.15, 0.2) is 64.2 Å². The molecule has 0 atom stereocenters. The SMILES string of the molecule is CCOc1ccc(C(=O)N/N=C\c2cc(Br)c(OCc3ccc(Cl)c(Cl)c3)c(OCC)c2)cc1. The van der Waals surface area contributed by atoms with Crippen LogP contribution in [-0.2, 0) is 6.61 Å². The van der Waals surface area contributed by atoms with Gasteiger partial charge in [0.15, 0.2) is 11.5 Å². The number of carbonyl (C=O) groups is 1. The standard InChI is InChI=1S/C25H23BrCl2N2O4/c1-3-32-19-8-6-18(7-9-19)25(31)30-29-14-17-11-20(26)24(23(13-17)33-4-2)34-15-16-5-10-21(27)22(28)12-16/h5-14H,3-4,15H2,1-2H3,(H,30,31)/b29-14-. The van der Waals surface area contributed by atoms with Crippen LogP contribution in [0.4, 0.5) is 0 Å². The van der Waals surface area contributed by atoms with E-state index in [4.69, 9.17) is 37.4 Å². The van der Waals surface area contributed by atoms with Crippen LogP contribution < -0.4 is 19.6 Å². The molecule has 34 heavy (non-hydrogen) atoms. The monoisotopic (exact) mass is 564 g/mol. The summed E-state index contributed by atoms with van der Waals surface area (Å²) < 4.78 is 17.8. The van der Waals surface area contributed by atoms with Crippen molar-refractivity contribution < 1.29 is 19.0 Å². The number of benzene rings is 3. The minimum Gasteiger partial charge on any atom is -0.494 e. The number of ether oxygens (including phenoxy) is 3. The third-order valence-electron chi connectivity index (χ3n) is 4.51. The van der Waals surface area contributed by atoms with Crippen LogP contribution in [0.3, 0.4) is 0 Å². The van der Waals surface area contributed by atoms with Gasteiger partial charge in [-0.3, -0.25) is 4.79 Å². The molecule has 6 nitrogen and oxygen atoms in total. The van der Waals surface area contributed by atoms with Gasteiger partial charge in [-0.1, -0.05) is 29.3 Å². The lowest BCUT2D eigenvalue weighted by molar-refractivity contribution is 0.0955. The number of halogens is 3. The Morgan fingerprint density at radius 1 is 0.971 bits per heavy atom. The van der Waals surface area contributed by atoms with Gasteiger partial charge in [-0.25, -0.2) is 5.43 Å². The van der Waals surface area contributed by atoms with Crippen molar-refractivity contribution in [1.82, 2.24) is 5.43 Å². The van der Waals surface area contributed by atoms with E-state index in [0.29, 0.717) is 56.1 Å². The maximum atomic E-state index is 12.3. The van der Waals surface area contributed by atoms with Gasteiger partial charge in [-0.05, 0) is 89.4 Å². The molecule has 1 N–H and O–H groups in total. The first-order valence-electron chi connectivity index (χ1n) is 10.5. The van der Waals surface area contributed by atoms with Gasteiger partial charge < -0.3 is 14.2 Å². The molecule has 9 heteroatoms. The molecule has 0 heterocycles. The van der Waals surface area contributed by atoms with Crippen molar-refractivity contribution in [1.29, 1.82) is 0 Å². The van der Waals surface area contributed by atoms with Gasteiger partial charge in [0.2, 0.25) is 0 Å². The second-order valence-electron chi connectivity index (χ2n) is 6.96. The van der Waals surface area contributed by atoms with E-state index in [2.05, 4.69) is 26.5 Å². The molecule has 0 unspecified atom stereocenters. The number of nitrogens with one attached hydrogen (secondary N) is 1. The Bertz CT molecular complexity index is 1170. The first kappa shape index (κ1) is 25.9. The van der Waals surface area contributed by atoms with Crippen molar-refractivity contribution in [2.24, 2.45) is 5.10 Å². The highest BCUT2D eigenvalue weighted by Crippen LogP contribution is 2.37. The summed E-state index contributed by atoms with van der Waals surface area (Å²) in [6.07, 6.45) is 1.53. The molecular weight excluding hydrogens is 543 g/mol. The molecule has 1 amide bonds. The van der Waals surface area contributed by atoms with Gasteiger partial charge in [0.1, 0.15) is 12.4 Å². The summed E-state index contributed by atoms with van der Waals surface area (Å²) in [5, 5.41) is 5.01. The summed E-state index contributed by atoms with van der Waals surface area (Å²) >= 11 is 15.6. The van der Waals surface area contributed by atoms with Crippen LogP contribution in [0, 0.1) is 0 Å². The molecule has 0 aliphatic carbocycles. The van der Waals surface area contributed by atoms with Crippen LogP contribution in [0.1, 0.15) is 35.3 Å². The molecule has 3 rings (SSSR count). The molecule has 0 radical (unpaired) electrons. The number of hydrazone groups is 1. The number of nitrogens with zero attached hydrogens (tertiary/aromatic N) is 1. The van der Waals surface area contributed by atoms with Crippen LogP contribution in [-0.4, -0.2) is 25.3 Å². The molecule has 3 aromatic rings. The van der Waals surface area contributed by atoms with Crippen molar-refractivity contribution in [3.63, 3.8) is 0 Å². The average Bonchev–Trinajstić information content (AvgIpc) is 2.81. The van der Waals surface area contributed by atoms with E-state index in [1.54, 1.807) is 42.5 Å². The van der Waals surface area contributed by atoms with Crippen molar-refractivity contribution >= 4 is 51.3 Å². The van der Waals surface area contributed by atoms with Gasteiger partial charge in [-0.15, -0.1) is 0 Å². The second kappa shape index (κ2) is 12.6. The highest BCUT2D eigenvalue weighted by Gasteiger charge is 2.13. The highest BCUT2D eigenvalue weighted by atomic mass is 79.9. The Kier molecular flexibility index (Phi) is 9.62. The molecule has 0 saturated heterocycles. The number of hydrogen-bond acceptors (Lipinski definition) is 5. The lowest BCUT2D eigenvalue weighted by Crippen LogP contribution is -2.17. The summed E-state index contributed by atoms with van der Waals surface area (Å²) in [5.41, 5.74) is 4.57. The molecule has 0 aliphatic rings. The van der Waals surface area contributed by atoms with Gasteiger partial charge >= 0.3 is 0 Å². The van der Waals surface area contributed by atoms with Crippen molar-refractivity contribution in [3.8, 4) is 17.2 Å². The van der Waals surface area contributed by atoms with Crippen LogP contribution >= 0.6 is 39.1 Å². The molecule has 3 aromatic carbocycles. The molecular formula is C25H23BrCl2N2O4. The zero-order chi connectivity index (χ0) is 24.5. The van der Waals surface area contributed by atoms with Gasteiger partial charge in [0, 0.05) is 5.56 Å². The summed E-state index contributed by atoms with van der Waals surface area (Å²) in [6, 6.07) is 15.8. The van der Waals surface area contributed by atoms with Crippen molar-refractivity contribution in [2.45, 2.75) is 20.5 Å². The van der Waals surface area contributed by atoms with Crippen LogP contribution in [0.2, 0.25) is 10.0 Å². The van der Waals surface area contributed by atoms with Crippen LogP contribution in [0.5, 0.6) is 17.2 Å². The quantitative estimate of drug-likeness (QED) is 0.214. The first-order valence-corrected chi connectivity index (χ1v) is 12.1. The smallest absolute Gasteiger partial charge is 0.271 e. The number of hydrogen-bond donors (Lipinski definition) is 1. The van der Waals surface area contributed by atoms with Crippen molar-refractivity contribution in [3.05, 3.63) is 85.8 Å². The lowest BCUT2D eigenvalue weighted by Gasteiger charge is -2.15. The number of amides is 1. The predicted octanol–water partition coefficient (Wildman–Crippen LogP) is 6.90. The van der Waals surface area contributed by atoms with Gasteiger partial charge in [0.25, 0.3) is 5.91 Å². The van der Waals surface area contributed by atoms with E-state index in [-0.39, 0.29) is 12.5 Å². The molecule has 0 bridgehead atoms. The minimum atomic E-state index is -0.329. The maximum absolute atomic E-state index is 12.3. The van der Waals surface area contributed by atoms with E-state index in [9.17, 15) is 4.79 Å². The fourth-order valence-electron chi connectivity index (χ4n) is 2.95. The van der Waals surface area contributed by atoms with E-state index in [1.807, 2.05) is 26.0 Å². The number of carbonyl (C=O) groups excluding carboxylic acids is 1. The zero-order valence-corrected chi connectivity index (χ0v) is 21.7. The largest absolute Gasteiger partial charge is 0.494 e. The van der Waals surface area contributed by atoms with E-state index in [0.717, 1.165) is 5.56 Å². The Labute approximate surface area is 216 Å². The lowest BCUT2D eigenvalue weighted by atomic mass is 10.2. The van der Waals surface area contributed by atoms with Gasteiger partial charge in [0.05, 0.1) is 33.9 Å². The molecule has 0 spiro atoms. The van der Waals surface area contributed by atoms with E-state index in [1.165, 1.54) is 6.21 Å². The zero-order valence-electron chi connectivity index (χ0n) is 18.6. The summed E-state index contributed by atoms with van der Waals surface area (Å²) in [4.78, 5) is 12.3. The molecule has 0 aliphatic heterocycles. The second-order valence-corrected chi connectivity index (χ2v) is 8.63. The summed E-state index contributed by atoms with van der Waals surface area (Å²) in [6.45, 7) is 5.08. The Morgan fingerprint density at radius 3 is 2.38 bits per heavy atom. The van der Waals surface area contributed by atoms with Gasteiger partial charge in [-0.2, -0.15) is 5.10 Å². The van der Waals surface area contributed by atoms with E-state index < -0.39 is 0 Å². The molecule has 0 saturated carbocycles. The molecule has 178 valence electrons. The highest BCUT2D eigenvalue weighted by molar-refractivity contribution is 9.10. The Morgan fingerprint density at radius 2 is 1.71 bits per heavy atom. The summed E-state index contributed by atoms with van der Waals surface area (Å²) in [7, 11) is 0. The average molecular weight is 566 g/mol. The molecule has 0 aromatic heterocycles. The normalized spacial score (nSPS) is 10.9. The topological polar surface area (TPSA) is 69.2 Å². The van der Waals surface area contributed by atoms with Crippen LogP contribution in [0.25, 0.3) is 0 Å². The third kappa shape index (κ3) is 7.13. The Balaban J connectivity index is 1.69. The predicted molar refractivity (Wildman–Crippen MR) is 139 cm³/mol. The first-order chi connectivity index (χ1) is 16.4. The van der Waals surface area contributed by atoms with Crippen molar-refractivity contribution in [2.75, 3.05) is 13.2 Å². The third-order valence-corrected chi connectivity index (χ3v) is 5.83. The van der Waals surface area contributed by atoms with E-state index >= 15 is 0 Å². The maximum Gasteiger partial charge on any atom is 0.271 e. The molecule has 0 fully saturated rings. The Hall–Kier alpha value is -2.74. The summed E-state index contributed by atoms with van der Waals surface area (Å²) in [5.74, 6) is 1.46. The fraction of sp³-hybridized carbons (Fsp3) is 0.200. The number of rotatable bonds is 10. The minimum absolute atomic E-state index is 0.279. The fourth-order valence-corrected chi connectivity index (χ4v) is 3.84.